The Morgan fingerprint density at radius 2 is 1.79 bits per heavy atom. The molecule has 0 bridgehead atoms. The Balaban J connectivity index is 1.49. The third-order valence-electron chi connectivity index (χ3n) is 5.99. The fourth-order valence-corrected chi connectivity index (χ4v) is 4.03. The maximum absolute atomic E-state index is 12.9. The van der Waals surface area contributed by atoms with Crippen molar-refractivity contribution in [2.75, 3.05) is 42.9 Å². The van der Waals surface area contributed by atoms with Crippen molar-refractivity contribution in [3.63, 3.8) is 0 Å². The van der Waals surface area contributed by atoms with E-state index in [1.165, 1.54) is 11.3 Å². The predicted molar refractivity (Wildman–Crippen MR) is 119 cm³/mol. The Kier molecular flexibility index (Phi) is 6.05. The first-order valence-corrected chi connectivity index (χ1v) is 10.8. The molecular formula is C24H32N4O. The lowest BCUT2D eigenvalue weighted by atomic mass is 10.0. The van der Waals surface area contributed by atoms with Crippen molar-refractivity contribution < 1.29 is 4.79 Å². The van der Waals surface area contributed by atoms with Crippen LogP contribution in [-0.4, -0.2) is 49.6 Å². The van der Waals surface area contributed by atoms with Crippen LogP contribution in [-0.2, 0) is 4.79 Å². The quantitative estimate of drug-likeness (QED) is 0.756. The molecule has 2 aromatic carbocycles. The van der Waals surface area contributed by atoms with E-state index in [2.05, 4.69) is 52.5 Å². The van der Waals surface area contributed by atoms with Gasteiger partial charge in [-0.1, -0.05) is 37.3 Å². The van der Waals surface area contributed by atoms with Crippen LogP contribution < -0.4 is 15.5 Å². The van der Waals surface area contributed by atoms with Crippen molar-refractivity contribution in [1.82, 2.24) is 10.2 Å². The van der Waals surface area contributed by atoms with Gasteiger partial charge in [0.05, 0.1) is 0 Å². The van der Waals surface area contributed by atoms with Gasteiger partial charge >= 0.3 is 0 Å². The van der Waals surface area contributed by atoms with Gasteiger partial charge in [0.1, 0.15) is 6.04 Å². The van der Waals surface area contributed by atoms with Gasteiger partial charge in [0, 0.05) is 43.6 Å². The van der Waals surface area contributed by atoms with Crippen molar-refractivity contribution in [2.45, 2.75) is 38.8 Å². The van der Waals surface area contributed by atoms with E-state index in [1.807, 2.05) is 30.3 Å². The molecule has 1 atom stereocenters. The van der Waals surface area contributed by atoms with Crippen LogP contribution in [0.2, 0.25) is 0 Å². The highest BCUT2D eigenvalue weighted by Crippen LogP contribution is 2.28. The second kappa shape index (κ2) is 8.87. The molecule has 2 N–H and O–H groups in total. The molecule has 0 radical (unpaired) electrons. The summed E-state index contributed by atoms with van der Waals surface area (Å²) in [6.45, 7) is 9.88. The number of carbonyl (C=O) groups excluding carboxylic acids is 1. The zero-order valence-corrected chi connectivity index (χ0v) is 17.5. The maximum atomic E-state index is 12.9. The minimum atomic E-state index is -0.379. The van der Waals surface area contributed by atoms with Crippen LogP contribution >= 0.6 is 0 Å². The highest BCUT2D eigenvalue weighted by Gasteiger charge is 2.28. The van der Waals surface area contributed by atoms with E-state index in [-0.39, 0.29) is 11.9 Å². The monoisotopic (exact) mass is 392 g/mol. The standard InChI is InChI=1S/C24H32N4O/c1-3-27-13-15-28(16-14-27)22-12-11-21(17-18(22)2)25-23(19-7-5-4-6-8-19)24(29)26-20-9-10-20/h4-8,11-12,17,20,23,25H,3,9-10,13-16H2,1-2H3,(H,26,29)/t23-/m1/s1. The molecule has 5 heteroatoms. The van der Waals surface area contributed by atoms with Crippen molar-refractivity contribution in [3.8, 4) is 0 Å². The molecule has 1 heterocycles. The molecule has 0 aromatic heterocycles. The van der Waals surface area contributed by atoms with Crippen molar-refractivity contribution >= 4 is 17.3 Å². The van der Waals surface area contributed by atoms with E-state index in [0.717, 1.165) is 56.8 Å². The number of carbonyl (C=O) groups is 1. The van der Waals surface area contributed by atoms with E-state index >= 15 is 0 Å². The molecule has 154 valence electrons. The van der Waals surface area contributed by atoms with Gasteiger partial charge in [-0.25, -0.2) is 0 Å². The number of piperazine rings is 1. The van der Waals surface area contributed by atoms with Crippen LogP contribution in [0.25, 0.3) is 0 Å². The van der Waals surface area contributed by atoms with Gasteiger partial charge in [-0.2, -0.15) is 0 Å². The molecule has 0 spiro atoms. The molecule has 1 amide bonds. The average molecular weight is 393 g/mol. The van der Waals surface area contributed by atoms with E-state index in [0.29, 0.717) is 6.04 Å². The van der Waals surface area contributed by atoms with Crippen molar-refractivity contribution in [3.05, 3.63) is 59.7 Å². The molecule has 1 saturated heterocycles. The highest BCUT2D eigenvalue weighted by molar-refractivity contribution is 5.86. The number of benzene rings is 2. The summed E-state index contributed by atoms with van der Waals surface area (Å²) in [4.78, 5) is 17.8. The molecule has 0 unspecified atom stereocenters. The van der Waals surface area contributed by atoms with Gasteiger partial charge in [-0.05, 0) is 55.6 Å². The summed E-state index contributed by atoms with van der Waals surface area (Å²) < 4.78 is 0. The van der Waals surface area contributed by atoms with Gasteiger partial charge in [-0.15, -0.1) is 0 Å². The Morgan fingerprint density at radius 3 is 2.41 bits per heavy atom. The van der Waals surface area contributed by atoms with E-state index in [9.17, 15) is 4.79 Å². The Hall–Kier alpha value is -2.53. The summed E-state index contributed by atoms with van der Waals surface area (Å²) in [6.07, 6.45) is 2.18. The van der Waals surface area contributed by atoms with Crippen molar-refractivity contribution in [2.24, 2.45) is 0 Å². The van der Waals surface area contributed by atoms with Gasteiger partial charge < -0.3 is 20.4 Å². The van der Waals surface area contributed by atoms with Gasteiger partial charge in [-0.3, -0.25) is 4.79 Å². The maximum Gasteiger partial charge on any atom is 0.247 e. The summed E-state index contributed by atoms with van der Waals surface area (Å²) >= 11 is 0. The molecule has 5 nitrogen and oxygen atoms in total. The van der Waals surface area contributed by atoms with E-state index in [1.54, 1.807) is 0 Å². The zero-order valence-electron chi connectivity index (χ0n) is 17.5. The van der Waals surface area contributed by atoms with Crippen LogP contribution in [0.4, 0.5) is 11.4 Å². The SMILES string of the molecule is CCN1CCN(c2ccc(N[C@@H](C(=O)NC3CC3)c3ccccc3)cc2C)CC1. The van der Waals surface area contributed by atoms with Crippen LogP contribution in [0, 0.1) is 6.92 Å². The van der Waals surface area contributed by atoms with Crippen LogP contribution in [0.3, 0.4) is 0 Å². The number of rotatable bonds is 7. The summed E-state index contributed by atoms with van der Waals surface area (Å²) in [5, 5.41) is 6.62. The van der Waals surface area contributed by atoms with E-state index < -0.39 is 0 Å². The largest absolute Gasteiger partial charge is 0.370 e. The lowest BCUT2D eigenvalue weighted by Gasteiger charge is -2.36. The van der Waals surface area contributed by atoms with E-state index in [4.69, 9.17) is 0 Å². The molecule has 2 aliphatic rings. The molecule has 2 fully saturated rings. The Labute approximate surface area is 174 Å². The molecule has 1 aliphatic heterocycles. The lowest BCUT2D eigenvalue weighted by molar-refractivity contribution is -0.122. The number of aryl methyl sites for hydroxylation is 1. The highest BCUT2D eigenvalue weighted by atomic mass is 16.2. The van der Waals surface area contributed by atoms with Gasteiger partial charge in [0.2, 0.25) is 5.91 Å². The summed E-state index contributed by atoms with van der Waals surface area (Å²) in [5.74, 6) is 0.0520. The smallest absolute Gasteiger partial charge is 0.247 e. The Bertz CT molecular complexity index is 826. The number of nitrogens with one attached hydrogen (secondary N) is 2. The van der Waals surface area contributed by atoms with Crippen LogP contribution in [0.1, 0.15) is 36.9 Å². The first kappa shape index (κ1) is 19.8. The minimum Gasteiger partial charge on any atom is -0.370 e. The first-order chi connectivity index (χ1) is 14.1. The van der Waals surface area contributed by atoms with Gasteiger partial charge in [0.15, 0.2) is 0 Å². The number of nitrogens with zero attached hydrogens (tertiary/aromatic N) is 2. The third kappa shape index (κ3) is 4.91. The summed E-state index contributed by atoms with van der Waals surface area (Å²) in [6, 6.07) is 16.4. The normalized spacial score (nSPS) is 18.3. The number of anilines is 2. The number of hydrogen-bond acceptors (Lipinski definition) is 4. The molecule has 4 rings (SSSR count). The van der Waals surface area contributed by atoms with Gasteiger partial charge in [0.25, 0.3) is 0 Å². The zero-order chi connectivity index (χ0) is 20.2. The Morgan fingerprint density at radius 1 is 1.07 bits per heavy atom. The molecule has 1 aliphatic carbocycles. The molecule has 29 heavy (non-hydrogen) atoms. The third-order valence-corrected chi connectivity index (χ3v) is 5.99. The summed E-state index contributed by atoms with van der Waals surface area (Å²) in [7, 11) is 0. The van der Waals surface area contributed by atoms with Crippen LogP contribution in [0.15, 0.2) is 48.5 Å². The first-order valence-electron chi connectivity index (χ1n) is 10.8. The minimum absolute atomic E-state index is 0.0520. The predicted octanol–water partition coefficient (Wildman–Crippen LogP) is 3.57. The number of hydrogen-bond donors (Lipinski definition) is 2. The fourth-order valence-electron chi connectivity index (χ4n) is 4.03. The number of likely N-dealkylation sites (N-methyl/N-ethyl adjacent to an activating group) is 1. The molecular weight excluding hydrogens is 360 g/mol. The lowest BCUT2D eigenvalue weighted by Crippen LogP contribution is -2.46. The second-order valence-corrected chi connectivity index (χ2v) is 8.19. The second-order valence-electron chi connectivity index (χ2n) is 8.19. The van der Waals surface area contributed by atoms with Crippen LogP contribution in [0.5, 0.6) is 0 Å². The molecule has 1 saturated carbocycles. The number of amides is 1. The average Bonchev–Trinajstić information content (AvgIpc) is 3.57. The van der Waals surface area contributed by atoms with Crippen molar-refractivity contribution in [1.29, 1.82) is 0 Å². The molecule has 2 aromatic rings. The fraction of sp³-hybridized carbons (Fsp3) is 0.458. The summed E-state index contributed by atoms with van der Waals surface area (Å²) in [5.41, 5.74) is 4.51. The topological polar surface area (TPSA) is 47.6 Å².